The third kappa shape index (κ3) is 6.53. The summed E-state index contributed by atoms with van der Waals surface area (Å²) in [5, 5.41) is 0. The van der Waals surface area contributed by atoms with Crippen molar-refractivity contribution in [2.45, 2.75) is 13.8 Å². The summed E-state index contributed by atoms with van der Waals surface area (Å²) in [6.07, 6.45) is 6.72. The van der Waals surface area contributed by atoms with Crippen LogP contribution in [0.5, 0.6) is 0 Å². The lowest BCUT2D eigenvalue weighted by molar-refractivity contribution is 0.0720. The highest BCUT2D eigenvalue weighted by atomic mass is 16.7. The van der Waals surface area contributed by atoms with Gasteiger partial charge in [0.15, 0.2) is 0 Å². The van der Waals surface area contributed by atoms with Crippen molar-refractivity contribution in [2.75, 3.05) is 13.2 Å². The van der Waals surface area contributed by atoms with Crippen LogP contribution in [-0.2, 0) is 9.47 Å². The summed E-state index contributed by atoms with van der Waals surface area (Å²) in [4.78, 5) is 11.4. The van der Waals surface area contributed by atoms with Gasteiger partial charge in [0.25, 0.3) is 0 Å². The Labute approximate surface area is 143 Å². The lowest BCUT2D eigenvalue weighted by Crippen LogP contribution is -2.07. The van der Waals surface area contributed by atoms with Gasteiger partial charge >= 0.3 is 6.16 Å². The van der Waals surface area contributed by atoms with Crippen LogP contribution in [0.2, 0.25) is 0 Å². The van der Waals surface area contributed by atoms with E-state index in [9.17, 15) is 4.79 Å². The molecule has 0 heterocycles. The van der Waals surface area contributed by atoms with Gasteiger partial charge in [0.1, 0.15) is 13.2 Å². The summed E-state index contributed by atoms with van der Waals surface area (Å²) in [5.41, 5.74) is 4.56. The fourth-order valence-electron chi connectivity index (χ4n) is 2.00. The second-order valence-corrected chi connectivity index (χ2v) is 5.50. The van der Waals surface area contributed by atoms with Gasteiger partial charge in [0.2, 0.25) is 0 Å². The van der Waals surface area contributed by atoms with Crippen LogP contribution in [0.25, 0.3) is 12.2 Å². The Kier molecular flexibility index (Phi) is 6.84. The number of aryl methyl sites for hydroxylation is 2. The molecule has 0 aromatic heterocycles. The second-order valence-electron chi connectivity index (χ2n) is 5.50. The Hall–Kier alpha value is -2.81. The van der Waals surface area contributed by atoms with E-state index in [4.69, 9.17) is 9.47 Å². The molecule has 3 nitrogen and oxygen atoms in total. The van der Waals surface area contributed by atoms with Crippen molar-refractivity contribution in [1.82, 2.24) is 0 Å². The number of carbonyl (C=O) groups excluding carboxylic acids is 1. The summed E-state index contributed by atoms with van der Waals surface area (Å²) in [6.45, 7) is 4.46. The third-order valence-electron chi connectivity index (χ3n) is 3.37. The quantitative estimate of drug-likeness (QED) is 0.687. The van der Waals surface area contributed by atoms with E-state index in [0.717, 1.165) is 11.1 Å². The molecule has 0 radical (unpaired) electrons. The molecule has 0 saturated heterocycles. The monoisotopic (exact) mass is 322 g/mol. The van der Waals surface area contributed by atoms with Gasteiger partial charge in [-0.25, -0.2) is 4.79 Å². The Bertz CT molecular complexity index is 633. The van der Waals surface area contributed by atoms with Gasteiger partial charge < -0.3 is 9.47 Å². The zero-order valence-corrected chi connectivity index (χ0v) is 14.1. The number of ether oxygens (including phenoxy) is 2. The first kappa shape index (κ1) is 17.5. The van der Waals surface area contributed by atoms with Crippen LogP contribution in [-0.4, -0.2) is 19.4 Å². The Morgan fingerprint density at radius 2 is 1.12 bits per heavy atom. The molecule has 2 aromatic rings. The van der Waals surface area contributed by atoms with E-state index in [2.05, 4.69) is 0 Å². The summed E-state index contributed by atoms with van der Waals surface area (Å²) >= 11 is 0. The van der Waals surface area contributed by atoms with E-state index < -0.39 is 6.16 Å². The molecule has 0 unspecified atom stereocenters. The first-order valence-electron chi connectivity index (χ1n) is 7.89. The fourth-order valence-corrected chi connectivity index (χ4v) is 2.00. The minimum Gasteiger partial charge on any atom is -0.430 e. The second kappa shape index (κ2) is 9.36. The summed E-state index contributed by atoms with van der Waals surface area (Å²) in [7, 11) is 0. The van der Waals surface area contributed by atoms with Crippen molar-refractivity contribution >= 4 is 18.3 Å². The number of rotatable bonds is 6. The van der Waals surface area contributed by atoms with Crippen LogP contribution >= 0.6 is 0 Å². The number of carbonyl (C=O) groups is 1. The zero-order valence-electron chi connectivity index (χ0n) is 14.1. The van der Waals surface area contributed by atoms with Crippen molar-refractivity contribution in [3.05, 3.63) is 82.9 Å². The van der Waals surface area contributed by atoms with Gasteiger partial charge in [0.05, 0.1) is 0 Å². The lowest BCUT2D eigenvalue weighted by atomic mass is 10.1. The fraction of sp³-hybridized carbons (Fsp3) is 0.190. The Morgan fingerprint density at radius 1 is 0.750 bits per heavy atom. The molecule has 0 aliphatic rings. The number of hydrogen-bond donors (Lipinski definition) is 0. The predicted octanol–water partition coefficient (Wildman–Crippen LogP) is 5.18. The van der Waals surface area contributed by atoms with Gasteiger partial charge in [-0.2, -0.15) is 0 Å². The zero-order chi connectivity index (χ0) is 17.2. The molecule has 0 aliphatic carbocycles. The maximum Gasteiger partial charge on any atom is 0.508 e. The molecule has 0 spiro atoms. The maximum atomic E-state index is 11.4. The molecule has 0 saturated carbocycles. The molecule has 3 heteroatoms. The summed E-state index contributed by atoms with van der Waals surface area (Å²) in [6, 6.07) is 16.2. The van der Waals surface area contributed by atoms with Gasteiger partial charge in [-0.05, 0) is 37.1 Å². The Morgan fingerprint density at radius 3 is 1.50 bits per heavy atom. The van der Waals surface area contributed by atoms with Crippen LogP contribution in [0.4, 0.5) is 4.79 Å². The minimum absolute atomic E-state index is 0.189. The molecule has 2 rings (SSSR count). The average molecular weight is 322 g/mol. The van der Waals surface area contributed by atoms with Crippen LogP contribution < -0.4 is 0 Å². The first-order valence-corrected chi connectivity index (χ1v) is 7.89. The van der Waals surface area contributed by atoms with Crippen molar-refractivity contribution < 1.29 is 14.3 Å². The topological polar surface area (TPSA) is 35.5 Å². The summed E-state index contributed by atoms with van der Waals surface area (Å²) < 4.78 is 9.95. The van der Waals surface area contributed by atoms with Crippen molar-refractivity contribution in [3.8, 4) is 0 Å². The molecule has 24 heavy (non-hydrogen) atoms. The van der Waals surface area contributed by atoms with E-state index in [1.807, 2.05) is 74.5 Å². The highest BCUT2D eigenvalue weighted by molar-refractivity contribution is 5.61. The van der Waals surface area contributed by atoms with E-state index in [1.165, 1.54) is 11.1 Å². The van der Waals surface area contributed by atoms with Crippen molar-refractivity contribution in [3.63, 3.8) is 0 Å². The lowest BCUT2D eigenvalue weighted by Gasteiger charge is -2.02. The van der Waals surface area contributed by atoms with E-state index in [1.54, 1.807) is 12.2 Å². The van der Waals surface area contributed by atoms with Gasteiger partial charge in [-0.15, -0.1) is 0 Å². The van der Waals surface area contributed by atoms with E-state index in [0.29, 0.717) is 0 Å². The summed E-state index contributed by atoms with van der Waals surface area (Å²) in [5.74, 6) is 0. The molecule has 0 N–H and O–H groups in total. The normalized spacial score (nSPS) is 11.1. The first-order chi connectivity index (χ1) is 11.6. The number of benzene rings is 2. The molecule has 0 atom stereocenters. The van der Waals surface area contributed by atoms with Crippen molar-refractivity contribution in [2.24, 2.45) is 0 Å². The highest BCUT2D eigenvalue weighted by Gasteiger charge is 1.99. The molecule has 124 valence electrons. The maximum absolute atomic E-state index is 11.4. The van der Waals surface area contributed by atoms with Crippen LogP contribution in [0.15, 0.2) is 60.7 Å². The molecular formula is C21H22O3. The molecular weight excluding hydrogens is 300 g/mol. The highest BCUT2D eigenvalue weighted by Crippen LogP contribution is 2.06. The molecule has 0 aliphatic heterocycles. The predicted molar refractivity (Wildman–Crippen MR) is 97.7 cm³/mol. The van der Waals surface area contributed by atoms with Gasteiger partial charge in [-0.1, -0.05) is 71.8 Å². The molecule has 0 bridgehead atoms. The third-order valence-corrected chi connectivity index (χ3v) is 3.37. The average Bonchev–Trinajstić information content (AvgIpc) is 2.59. The van der Waals surface area contributed by atoms with Crippen molar-refractivity contribution in [1.29, 1.82) is 0 Å². The standard InChI is InChI=1S/C21H22O3/c1-17-7-11-19(12-8-17)5-3-15-23-21(22)24-16-4-6-20-13-9-18(2)10-14-20/h3-14H,15-16H2,1-2H3. The van der Waals surface area contributed by atoms with Crippen LogP contribution in [0.3, 0.4) is 0 Å². The molecule has 2 aromatic carbocycles. The minimum atomic E-state index is -0.669. The van der Waals surface area contributed by atoms with Gasteiger partial charge in [0, 0.05) is 0 Å². The smallest absolute Gasteiger partial charge is 0.430 e. The van der Waals surface area contributed by atoms with E-state index in [-0.39, 0.29) is 13.2 Å². The molecule has 0 amide bonds. The SMILES string of the molecule is Cc1ccc(C=CCOC(=O)OCC=Cc2ccc(C)cc2)cc1. The largest absolute Gasteiger partial charge is 0.508 e. The van der Waals surface area contributed by atoms with E-state index >= 15 is 0 Å². The molecule has 0 fully saturated rings. The Balaban J connectivity index is 1.64. The van der Waals surface area contributed by atoms with Crippen LogP contribution in [0, 0.1) is 13.8 Å². The number of hydrogen-bond acceptors (Lipinski definition) is 3. The van der Waals surface area contributed by atoms with Crippen LogP contribution in [0.1, 0.15) is 22.3 Å². The van der Waals surface area contributed by atoms with Gasteiger partial charge in [-0.3, -0.25) is 0 Å².